The molecule has 0 amide bonds. The van der Waals surface area contributed by atoms with E-state index in [1.807, 2.05) is 12.3 Å². The van der Waals surface area contributed by atoms with Gasteiger partial charge in [0, 0.05) is 0 Å². The van der Waals surface area contributed by atoms with E-state index in [2.05, 4.69) is 4.98 Å². The zero-order valence-corrected chi connectivity index (χ0v) is 7.31. The summed E-state index contributed by atoms with van der Waals surface area (Å²) in [5, 5.41) is 0.913. The van der Waals surface area contributed by atoms with Crippen molar-refractivity contribution < 1.29 is 4.74 Å². The van der Waals surface area contributed by atoms with Gasteiger partial charge in [0.1, 0.15) is 0 Å². The Morgan fingerprint density at radius 2 is 2.27 bits per heavy atom. The van der Waals surface area contributed by atoms with Gasteiger partial charge in [0.15, 0.2) is 0 Å². The lowest BCUT2D eigenvalue weighted by Gasteiger charge is -2.03. The molecule has 1 rings (SSSR count). The summed E-state index contributed by atoms with van der Waals surface area (Å²) in [6, 6.07) is 3.65. The predicted molar refractivity (Wildman–Crippen MR) is 47.0 cm³/mol. The number of aromatic nitrogens is 1. The number of hydrogen-bond acceptors (Lipinski definition) is 4. The molecule has 0 fully saturated rings. The second-order valence-electron chi connectivity index (χ2n) is 1.95. The van der Waals surface area contributed by atoms with Crippen molar-refractivity contribution in [3.8, 4) is 5.88 Å². The highest BCUT2D eigenvalue weighted by Gasteiger charge is 2.00. The van der Waals surface area contributed by atoms with Crippen LogP contribution in [0.15, 0.2) is 17.2 Å². The van der Waals surface area contributed by atoms with E-state index < -0.39 is 0 Å². The maximum Gasteiger partial charge on any atom is 0.237 e. The molecule has 11 heavy (non-hydrogen) atoms. The molecule has 0 aliphatic heterocycles. The summed E-state index contributed by atoms with van der Waals surface area (Å²) in [6.07, 6.45) is 1.96. The van der Waals surface area contributed by atoms with E-state index in [4.69, 9.17) is 10.5 Å². The molecular weight excluding hydrogens is 160 g/mol. The van der Waals surface area contributed by atoms with E-state index in [1.54, 1.807) is 24.9 Å². The molecule has 1 aromatic heterocycles. The Hall–Kier alpha value is -0.900. The van der Waals surface area contributed by atoms with Crippen molar-refractivity contribution in [2.45, 2.75) is 5.03 Å². The molecule has 0 aromatic carbocycles. The summed E-state index contributed by atoms with van der Waals surface area (Å²) >= 11 is 1.56. The molecule has 0 unspecified atom stereocenters. The first kappa shape index (κ1) is 8.20. The molecule has 4 heteroatoms. The number of rotatable bonds is 2. The minimum absolute atomic E-state index is 0.497. The van der Waals surface area contributed by atoms with Gasteiger partial charge >= 0.3 is 0 Å². The topological polar surface area (TPSA) is 48.1 Å². The van der Waals surface area contributed by atoms with Crippen molar-refractivity contribution in [2.75, 3.05) is 19.1 Å². The van der Waals surface area contributed by atoms with Crippen LogP contribution in [0, 0.1) is 0 Å². The van der Waals surface area contributed by atoms with Crippen LogP contribution < -0.4 is 10.5 Å². The summed E-state index contributed by atoms with van der Waals surface area (Å²) in [6.45, 7) is 0. The third-order valence-electron chi connectivity index (χ3n) is 1.27. The molecule has 60 valence electrons. The van der Waals surface area contributed by atoms with Gasteiger partial charge in [-0.05, 0) is 18.4 Å². The van der Waals surface area contributed by atoms with Gasteiger partial charge in [0.05, 0.1) is 17.8 Å². The molecule has 0 saturated heterocycles. The van der Waals surface area contributed by atoms with Crippen LogP contribution >= 0.6 is 11.8 Å². The van der Waals surface area contributed by atoms with E-state index >= 15 is 0 Å². The lowest BCUT2D eigenvalue weighted by atomic mass is 10.4. The van der Waals surface area contributed by atoms with E-state index in [1.165, 1.54) is 0 Å². The van der Waals surface area contributed by atoms with Gasteiger partial charge in [0.25, 0.3) is 0 Å². The second kappa shape index (κ2) is 3.48. The number of pyridine rings is 1. The first-order valence-electron chi connectivity index (χ1n) is 3.12. The van der Waals surface area contributed by atoms with E-state index in [0.717, 1.165) is 5.03 Å². The Labute approximate surface area is 70.0 Å². The number of nitrogens with two attached hydrogens (primary N) is 1. The molecule has 2 N–H and O–H groups in total. The van der Waals surface area contributed by atoms with Crippen molar-refractivity contribution >= 4 is 17.4 Å². The van der Waals surface area contributed by atoms with Crippen molar-refractivity contribution in [3.05, 3.63) is 12.1 Å². The lowest BCUT2D eigenvalue weighted by Crippen LogP contribution is -1.95. The fourth-order valence-corrected chi connectivity index (χ4v) is 1.09. The Bertz CT molecular complexity index is 252. The van der Waals surface area contributed by atoms with Crippen LogP contribution in [0.25, 0.3) is 0 Å². The van der Waals surface area contributed by atoms with Crippen LogP contribution in [0.4, 0.5) is 5.69 Å². The van der Waals surface area contributed by atoms with Gasteiger partial charge in [-0.1, -0.05) is 0 Å². The van der Waals surface area contributed by atoms with E-state index in [-0.39, 0.29) is 0 Å². The molecule has 3 nitrogen and oxygen atoms in total. The molecule has 0 spiro atoms. The summed E-state index contributed by atoms with van der Waals surface area (Å²) in [5.74, 6) is 0.497. The number of anilines is 1. The first-order valence-corrected chi connectivity index (χ1v) is 4.35. The van der Waals surface area contributed by atoms with Gasteiger partial charge in [-0.15, -0.1) is 11.8 Å². The lowest BCUT2D eigenvalue weighted by molar-refractivity contribution is 0.397. The van der Waals surface area contributed by atoms with Crippen LogP contribution in [-0.4, -0.2) is 18.3 Å². The van der Waals surface area contributed by atoms with Crippen molar-refractivity contribution in [1.29, 1.82) is 0 Å². The minimum Gasteiger partial charge on any atom is -0.480 e. The molecule has 0 atom stereocenters. The summed E-state index contributed by atoms with van der Waals surface area (Å²) in [7, 11) is 1.56. The number of hydrogen-bond donors (Lipinski definition) is 1. The molecular formula is C7H10N2OS. The van der Waals surface area contributed by atoms with Gasteiger partial charge in [-0.2, -0.15) is 0 Å². The van der Waals surface area contributed by atoms with Crippen LogP contribution in [-0.2, 0) is 0 Å². The van der Waals surface area contributed by atoms with E-state index in [0.29, 0.717) is 11.6 Å². The van der Waals surface area contributed by atoms with Gasteiger partial charge in [0.2, 0.25) is 5.88 Å². The molecule has 0 bridgehead atoms. The number of nitrogen functional groups attached to an aromatic ring is 1. The Balaban J connectivity index is 3.02. The molecule has 0 saturated carbocycles. The standard InChI is InChI=1S/C7H10N2OS/c1-10-7-5(8)3-4-6(9-7)11-2/h3-4H,8H2,1-2H3. The van der Waals surface area contributed by atoms with Gasteiger partial charge in [-0.3, -0.25) is 0 Å². The molecule has 1 aromatic rings. The van der Waals surface area contributed by atoms with Gasteiger partial charge in [-0.25, -0.2) is 4.98 Å². The third kappa shape index (κ3) is 1.77. The maximum absolute atomic E-state index is 5.56. The smallest absolute Gasteiger partial charge is 0.237 e. The fourth-order valence-electron chi connectivity index (χ4n) is 0.711. The quantitative estimate of drug-likeness (QED) is 0.681. The average molecular weight is 170 g/mol. The predicted octanol–water partition coefficient (Wildman–Crippen LogP) is 1.39. The normalized spacial score (nSPS) is 9.64. The maximum atomic E-state index is 5.56. The Kier molecular flexibility index (Phi) is 2.59. The van der Waals surface area contributed by atoms with Gasteiger partial charge < -0.3 is 10.5 Å². The van der Waals surface area contributed by atoms with Crippen LogP contribution in [0.1, 0.15) is 0 Å². The summed E-state index contributed by atoms with van der Waals surface area (Å²) in [5.41, 5.74) is 6.13. The minimum atomic E-state index is 0.497. The second-order valence-corrected chi connectivity index (χ2v) is 2.78. The molecule has 0 aliphatic carbocycles. The van der Waals surface area contributed by atoms with Crippen molar-refractivity contribution in [3.63, 3.8) is 0 Å². The highest BCUT2D eigenvalue weighted by atomic mass is 32.2. The number of nitrogens with zero attached hydrogens (tertiary/aromatic N) is 1. The van der Waals surface area contributed by atoms with E-state index in [9.17, 15) is 0 Å². The molecule has 0 aliphatic rings. The fraction of sp³-hybridized carbons (Fsp3) is 0.286. The molecule has 1 heterocycles. The van der Waals surface area contributed by atoms with Crippen LogP contribution in [0.2, 0.25) is 0 Å². The number of ether oxygens (including phenoxy) is 1. The Morgan fingerprint density at radius 1 is 1.55 bits per heavy atom. The zero-order chi connectivity index (χ0) is 8.27. The summed E-state index contributed by atoms with van der Waals surface area (Å²) in [4.78, 5) is 4.12. The third-order valence-corrected chi connectivity index (χ3v) is 1.91. The monoisotopic (exact) mass is 170 g/mol. The number of thioether (sulfide) groups is 1. The Morgan fingerprint density at radius 3 is 2.82 bits per heavy atom. The van der Waals surface area contributed by atoms with Crippen molar-refractivity contribution in [1.82, 2.24) is 4.98 Å². The van der Waals surface area contributed by atoms with Crippen molar-refractivity contribution in [2.24, 2.45) is 0 Å². The molecule has 0 radical (unpaired) electrons. The summed E-state index contributed by atoms with van der Waals surface area (Å²) < 4.78 is 4.94. The number of methoxy groups -OCH3 is 1. The SMILES string of the molecule is COc1nc(SC)ccc1N. The van der Waals surface area contributed by atoms with Crippen LogP contribution in [0.3, 0.4) is 0 Å². The average Bonchev–Trinajstić information content (AvgIpc) is 2.05. The highest BCUT2D eigenvalue weighted by molar-refractivity contribution is 7.98. The van der Waals surface area contributed by atoms with Crippen LogP contribution in [0.5, 0.6) is 5.88 Å². The zero-order valence-electron chi connectivity index (χ0n) is 6.50. The highest BCUT2D eigenvalue weighted by Crippen LogP contribution is 2.21. The largest absolute Gasteiger partial charge is 0.480 e. The first-order chi connectivity index (χ1) is 5.27.